The van der Waals surface area contributed by atoms with Crippen molar-refractivity contribution in [3.05, 3.63) is 11.6 Å². The van der Waals surface area contributed by atoms with Gasteiger partial charge in [0.15, 0.2) is 5.82 Å². The first kappa shape index (κ1) is 13.2. The van der Waals surface area contributed by atoms with Gasteiger partial charge in [0.2, 0.25) is 0 Å². The number of rotatable bonds is 6. The second-order valence-electron chi connectivity index (χ2n) is 4.82. The summed E-state index contributed by atoms with van der Waals surface area (Å²) >= 11 is 0. The summed E-state index contributed by atoms with van der Waals surface area (Å²) in [4.78, 5) is 4.60. The van der Waals surface area contributed by atoms with Crippen molar-refractivity contribution in [2.75, 3.05) is 6.54 Å². The van der Waals surface area contributed by atoms with Crippen molar-refractivity contribution >= 4 is 0 Å². The average Bonchev–Trinajstić information content (AvgIpc) is 2.56. The summed E-state index contributed by atoms with van der Waals surface area (Å²) in [6.45, 7) is 7.22. The lowest BCUT2D eigenvalue weighted by atomic mass is 9.96. The molecular formula is C12H24N4. The highest BCUT2D eigenvalue weighted by atomic mass is 15.3. The molecule has 0 aliphatic rings. The Morgan fingerprint density at radius 3 is 2.56 bits per heavy atom. The van der Waals surface area contributed by atoms with Gasteiger partial charge in [-0.05, 0) is 18.8 Å². The minimum atomic E-state index is 0.336. The molecule has 0 aliphatic heterocycles. The van der Waals surface area contributed by atoms with Crippen LogP contribution in [0.4, 0.5) is 0 Å². The molecule has 0 spiro atoms. The van der Waals surface area contributed by atoms with E-state index in [-0.39, 0.29) is 0 Å². The highest BCUT2D eigenvalue weighted by molar-refractivity contribution is 5.01. The maximum atomic E-state index is 5.82. The molecular weight excluding hydrogens is 200 g/mol. The number of nitrogens with zero attached hydrogens (tertiary/aromatic N) is 3. The van der Waals surface area contributed by atoms with E-state index >= 15 is 0 Å². The predicted molar refractivity (Wildman–Crippen MR) is 66.2 cm³/mol. The zero-order valence-electron chi connectivity index (χ0n) is 10.9. The summed E-state index contributed by atoms with van der Waals surface area (Å²) in [6, 6.07) is 0. The van der Waals surface area contributed by atoms with Crippen LogP contribution in [0.25, 0.3) is 0 Å². The topological polar surface area (TPSA) is 56.7 Å². The van der Waals surface area contributed by atoms with Gasteiger partial charge in [0, 0.05) is 25.9 Å². The summed E-state index contributed by atoms with van der Waals surface area (Å²) in [5.74, 6) is 2.96. The molecule has 1 heterocycles. The second kappa shape index (κ2) is 5.99. The molecule has 0 saturated carbocycles. The second-order valence-corrected chi connectivity index (χ2v) is 4.82. The summed E-state index contributed by atoms with van der Waals surface area (Å²) in [7, 11) is 1.96. The molecule has 4 nitrogen and oxygen atoms in total. The fourth-order valence-electron chi connectivity index (χ4n) is 2.01. The smallest absolute Gasteiger partial charge is 0.150 e. The molecule has 1 aromatic heterocycles. The summed E-state index contributed by atoms with van der Waals surface area (Å²) in [5, 5.41) is 4.43. The first-order valence-electron chi connectivity index (χ1n) is 6.18. The predicted octanol–water partition coefficient (Wildman–Crippen LogP) is 1.86. The molecule has 16 heavy (non-hydrogen) atoms. The Morgan fingerprint density at radius 2 is 2.06 bits per heavy atom. The Balaban J connectivity index is 2.82. The van der Waals surface area contributed by atoms with E-state index in [0.717, 1.165) is 30.9 Å². The van der Waals surface area contributed by atoms with Gasteiger partial charge in [0.1, 0.15) is 5.82 Å². The lowest BCUT2D eigenvalue weighted by Crippen LogP contribution is -2.18. The van der Waals surface area contributed by atoms with Crippen molar-refractivity contribution in [2.45, 2.75) is 46.0 Å². The van der Waals surface area contributed by atoms with Crippen LogP contribution in [0.3, 0.4) is 0 Å². The van der Waals surface area contributed by atoms with Crippen LogP contribution < -0.4 is 5.73 Å². The molecule has 1 rings (SSSR count). The maximum absolute atomic E-state index is 5.82. The number of nitrogens with two attached hydrogens (primary N) is 1. The van der Waals surface area contributed by atoms with E-state index in [4.69, 9.17) is 5.73 Å². The fourth-order valence-corrected chi connectivity index (χ4v) is 2.01. The van der Waals surface area contributed by atoms with Crippen LogP contribution in [0.1, 0.15) is 51.2 Å². The Bertz CT molecular complexity index is 317. The molecule has 0 amide bonds. The summed E-state index contributed by atoms with van der Waals surface area (Å²) < 4.78 is 1.89. The first-order valence-corrected chi connectivity index (χ1v) is 6.18. The van der Waals surface area contributed by atoms with Gasteiger partial charge in [-0.15, -0.1) is 0 Å². The maximum Gasteiger partial charge on any atom is 0.150 e. The lowest BCUT2D eigenvalue weighted by Gasteiger charge is -2.15. The van der Waals surface area contributed by atoms with Gasteiger partial charge in [0.05, 0.1) is 0 Å². The van der Waals surface area contributed by atoms with Crippen LogP contribution >= 0.6 is 0 Å². The minimum Gasteiger partial charge on any atom is -0.330 e. The Morgan fingerprint density at radius 1 is 1.38 bits per heavy atom. The summed E-state index contributed by atoms with van der Waals surface area (Å²) in [6.07, 6.45) is 3.11. The van der Waals surface area contributed by atoms with Gasteiger partial charge in [-0.3, -0.25) is 4.68 Å². The first-order chi connectivity index (χ1) is 7.58. The van der Waals surface area contributed by atoms with E-state index in [2.05, 4.69) is 30.9 Å². The number of hydrogen-bond donors (Lipinski definition) is 1. The van der Waals surface area contributed by atoms with Crippen molar-refractivity contribution in [3.63, 3.8) is 0 Å². The van der Waals surface area contributed by atoms with Crippen molar-refractivity contribution < 1.29 is 0 Å². The fraction of sp³-hybridized carbons (Fsp3) is 0.833. The SMILES string of the molecule is CCCc1nc(C(CN)CC(C)C)n(C)n1. The molecule has 0 fully saturated rings. The molecule has 0 bridgehead atoms. The Hall–Kier alpha value is -0.900. The van der Waals surface area contributed by atoms with E-state index < -0.39 is 0 Å². The quantitative estimate of drug-likeness (QED) is 0.802. The normalized spacial score (nSPS) is 13.4. The molecule has 1 aromatic rings. The van der Waals surface area contributed by atoms with E-state index in [9.17, 15) is 0 Å². The largest absolute Gasteiger partial charge is 0.330 e. The molecule has 0 aromatic carbocycles. The summed E-state index contributed by atoms with van der Waals surface area (Å²) in [5.41, 5.74) is 5.82. The minimum absolute atomic E-state index is 0.336. The number of aromatic nitrogens is 3. The molecule has 4 heteroatoms. The zero-order chi connectivity index (χ0) is 12.1. The van der Waals surface area contributed by atoms with Crippen LogP contribution in [-0.4, -0.2) is 21.3 Å². The van der Waals surface area contributed by atoms with Gasteiger partial charge >= 0.3 is 0 Å². The van der Waals surface area contributed by atoms with Crippen LogP contribution in [-0.2, 0) is 13.5 Å². The van der Waals surface area contributed by atoms with E-state index in [0.29, 0.717) is 18.4 Å². The zero-order valence-corrected chi connectivity index (χ0v) is 10.9. The monoisotopic (exact) mass is 224 g/mol. The molecule has 1 atom stereocenters. The molecule has 0 saturated heterocycles. The standard InChI is InChI=1S/C12H24N4/c1-5-6-11-14-12(16(4)15-11)10(8-13)7-9(2)3/h9-10H,5-8,13H2,1-4H3. The highest BCUT2D eigenvalue weighted by Crippen LogP contribution is 2.21. The third-order valence-corrected chi connectivity index (χ3v) is 2.72. The van der Waals surface area contributed by atoms with Crippen LogP contribution in [0.5, 0.6) is 0 Å². The Kier molecular flexibility index (Phi) is 4.93. The van der Waals surface area contributed by atoms with Gasteiger partial charge in [-0.25, -0.2) is 4.98 Å². The molecule has 1 unspecified atom stereocenters. The van der Waals surface area contributed by atoms with Crippen molar-refractivity contribution in [3.8, 4) is 0 Å². The van der Waals surface area contributed by atoms with Crippen molar-refractivity contribution in [1.29, 1.82) is 0 Å². The van der Waals surface area contributed by atoms with Gasteiger partial charge in [-0.1, -0.05) is 20.8 Å². The third-order valence-electron chi connectivity index (χ3n) is 2.72. The molecule has 92 valence electrons. The van der Waals surface area contributed by atoms with Crippen LogP contribution in [0.2, 0.25) is 0 Å². The van der Waals surface area contributed by atoms with E-state index in [1.807, 2.05) is 11.7 Å². The number of aryl methyl sites for hydroxylation is 2. The van der Waals surface area contributed by atoms with Crippen LogP contribution in [0.15, 0.2) is 0 Å². The van der Waals surface area contributed by atoms with E-state index in [1.54, 1.807) is 0 Å². The third kappa shape index (κ3) is 3.30. The molecule has 0 radical (unpaired) electrons. The van der Waals surface area contributed by atoms with Crippen molar-refractivity contribution in [1.82, 2.24) is 14.8 Å². The van der Waals surface area contributed by atoms with Gasteiger partial charge in [-0.2, -0.15) is 5.10 Å². The molecule has 0 aliphatic carbocycles. The van der Waals surface area contributed by atoms with Crippen LogP contribution in [0, 0.1) is 5.92 Å². The van der Waals surface area contributed by atoms with Crippen molar-refractivity contribution in [2.24, 2.45) is 18.7 Å². The van der Waals surface area contributed by atoms with Gasteiger partial charge < -0.3 is 5.73 Å². The molecule has 2 N–H and O–H groups in total. The Labute approximate surface area is 98.2 Å². The highest BCUT2D eigenvalue weighted by Gasteiger charge is 2.18. The average molecular weight is 224 g/mol. The van der Waals surface area contributed by atoms with Gasteiger partial charge in [0.25, 0.3) is 0 Å². The van der Waals surface area contributed by atoms with E-state index in [1.165, 1.54) is 0 Å². The number of hydrogen-bond acceptors (Lipinski definition) is 3. The lowest BCUT2D eigenvalue weighted by molar-refractivity contribution is 0.472.